The van der Waals surface area contributed by atoms with Crippen molar-refractivity contribution in [3.05, 3.63) is 6.33 Å². The summed E-state index contributed by atoms with van der Waals surface area (Å²) < 4.78 is 1.42. The van der Waals surface area contributed by atoms with Gasteiger partial charge in [0.05, 0.1) is 0 Å². The van der Waals surface area contributed by atoms with Crippen molar-refractivity contribution in [2.45, 2.75) is 45.2 Å². The third kappa shape index (κ3) is 4.59. The Morgan fingerprint density at radius 1 is 1.47 bits per heavy atom. The van der Waals surface area contributed by atoms with Gasteiger partial charge in [0.1, 0.15) is 12.9 Å². The third-order valence-electron chi connectivity index (χ3n) is 3.58. The van der Waals surface area contributed by atoms with Crippen LogP contribution in [-0.4, -0.2) is 56.7 Å². The van der Waals surface area contributed by atoms with Crippen LogP contribution in [0.15, 0.2) is 6.33 Å². The summed E-state index contributed by atoms with van der Waals surface area (Å²) in [4.78, 5) is 14.1. The molecule has 0 bridgehead atoms. The molecule has 2 rings (SSSR count). The maximum atomic E-state index is 11.6. The van der Waals surface area contributed by atoms with Gasteiger partial charge in [0, 0.05) is 19.1 Å². The molecule has 0 spiro atoms. The number of tetrazole rings is 1. The van der Waals surface area contributed by atoms with Crippen LogP contribution in [0.2, 0.25) is 0 Å². The molecule has 0 aliphatic carbocycles. The van der Waals surface area contributed by atoms with Gasteiger partial charge < -0.3 is 10.2 Å². The molecule has 19 heavy (non-hydrogen) atoms. The number of hydrogen-bond donors (Lipinski definition) is 1. The van der Waals surface area contributed by atoms with Crippen LogP contribution >= 0.6 is 0 Å². The number of amides is 1. The molecule has 106 valence electrons. The average molecular weight is 266 g/mol. The molecule has 0 saturated carbocycles. The summed E-state index contributed by atoms with van der Waals surface area (Å²) >= 11 is 0. The molecule has 7 heteroatoms. The number of rotatable bonds is 6. The van der Waals surface area contributed by atoms with Gasteiger partial charge in [0.25, 0.3) is 0 Å². The van der Waals surface area contributed by atoms with E-state index in [0.29, 0.717) is 12.6 Å². The van der Waals surface area contributed by atoms with Gasteiger partial charge in [0.15, 0.2) is 0 Å². The van der Waals surface area contributed by atoms with E-state index in [1.807, 2.05) is 0 Å². The SMILES string of the molecule is CC1CCCCN1CCCNC(=O)Cn1cnnn1. The van der Waals surface area contributed by atoms with Crippen molar-refractivity contribution in [3.8, 4) is 0 Å². The fraction of sp³-hybridized carbons (Fsp3) is 0.833. The lowest BCUT2D eigenvalue weighted by Crippen LogP contribution is -2.39. The number of carbonyl (C=O) groups excluding carboxylic acids is 1. The first kappa shape index (κ1) is 13.9. The Bertz CT molecular complexity index is 380. The number of nitrogens with zero attached hydrogens (tertiary/aromatic N) is 5. The van der Waals surface area contributed by atoms with Gasteiger partial charge in [-0.05, 0) is 43.2 Å². The van der Waals surface area contributed by atoms with Gasteiger partial charge in [-0.1, -0.05) is 6.42 Å². The van der Waals surface area contributed by atoms with E-state index in [4.69, 9.17) is 0 Å². The van der Waals surface area contributed by atoms with Gasteiger partial charge in [-0.3, -0.25) is 4.79 Å². The lowest BCUT2D eigenvalue weighted by Gasteiger charge is -2.33. The Labute approximate surface area is 113 Å². The van der Waals surface area contributed by atoms with Crippen molar-refractivity contribution in [1.29, 1.82) is 0 Å². The highest BCUT2D eigenvalue weighted by Crippen LogP contribution is 2.15. The van der Waals surface area contributed by atoms with Crippen LogP contribution in [0.1, 0.15) is 32.6 Å². The molecule has 1 aromatic heterocycles. The summed E-state index contributed by atoms with van der Waals surface area (Å²) in [5, 5.41) is 13.5. The van der Waals surface area contributed by atoms with E-state index in [9.17, 15) is 4.79 Å². The second-order valence-corrected chi connectivity index (χ2v) is 5.09. The molecule has 7 nitrogen and oxygen atoms in total. The Morgan fingerprint density at radius 2 is 2.37 bits per heavy atom. The molecule has 1 aromatic rings. The number of hydrogen-bond acceptors (Lipinski definition) is 5. The number of likely N-dealkylation sites (tertiary alicyclic amines) is 1. The molecule has 1 amide bonds. The molecule has 1 atom stereocenters. The summed E-state index contributed by atoms with van der Waals surface area (Å²) in [5.41, 5.74) is 0. The summed E-state index contributed by atoms with van der Waals surface area (Å²) in [6.07, 6.45) is 6.38. The third-order valence-corrected chi connectivity index (χ3v) is 3.58. The first-order valence-electron chi connectivity index (χ1n) is 6.97. The summed E-state index contributed by atoms with van der Waals surface area (Å²) in [7, 11) is 0. The zero-order valence-corrected chi connectivity index (χ0v) is 11.5. The molecule has 1 unspecified atom stereocenters. The molecule has 0 radical (unpaired) electrons. The standard InChI is InChI=1S/C12H22N6O/c1-11-5-2-3-7-17(11)8-4-6-13-12(19)9-18-10-14-15-16-18/h10-11H,2-9H2,1H3,(H,13,19). The zero-order valence-electron chi connectivity index (χ0n) is 11.5. The van der Waals surface area contributed by atoms with E-state index in [1.54, 1.807) is 0 Å². The van der Waals surface area contributed by atoms with Crippen molar-refractivity contribution >= 4 is 5.91 Å². The van der Waals surface area contributed by atoms with Crippen LogP contribution in [0.4, 0.5) is 0 Å². The van der Waals surface area contributed by atoms with Gasteiger partial charge in [-0.15, -0.1) is 5.10 Å². The Kier molecular flexibility index (Phi) is 5.26. The fourth-order valence-electron chi connectivity index (χ4n) is 2.46. The summed E-state index contributed by atoms with van der Waals surface area (Å²) in [5.74, 6) is -0.0426. The van der Waals surface area contributed by atoms with E-state index in [0.717, 1.165) is 13.0 Å². The lowest BCUT2D eigenvalue weighted by atomic mass is 10.0. The quantitative estimate of drug-likeness (QED) is 0.737. The predicted molar refractivity (Wildman–Crippen MR) is 70.3 cm³/mol. The maximum absolute atomic E-state index is 11.6. The van der Waals surface area contributed by atoms with E-state index in [-0.39, 0.29) is 12.5 Å². The van der Waals surface area contributed by atoms with E-state index in [2.05, 4.69) is 32.7 Å². The molecule has 1 aliphatic rings. The summed E-state index contributed by atoms with van der Waals surface area (Å²) in [6.45, 7) is 5.44. The highest BCUT2D eigenvalue weighted by atomic mass is 16.2. The first-order chi connectivity index (χ1) is 9.25. The Hall–Kier alpha value is -1.50. The van der Waals surface area contributed by atoms with Crippen molar-refractivity contribution in [3.63, 3.8) is 0 Å². The van der Waals surface area contributed by atoms with Crippen molar-refractivity contribution in [2.75, 3.05) is 19.6 Å². The minimum absolute atomic E-state index is 0.0426. The minimum atomic E-state index is -0.0426. The number of nitrogens with one attached hydrogen (secondary N) is 1. The number of aromatic nitrogens is 4. The van der Waals surface area contributed by atoms with Gasteiger partial charge in [-0.25, -0.2) is 4.68 Å². The minimum Gasteiger partial charge on any atom is -0.354 e. The highest BCUT2D eigenvalue weighted by Gasteiger charge is 2.17. The molecule has 0 aromatic carbocycles. The van der Waals surface area contributed by atoms with Crippen LogP contribution in [0, 0.1) is 0 Å². The van der Waals surface area contributed by atoms with Gasteiger partial charge in [0.2, 0.25) is 5.91 Å². The van der Waals surface area contributed by atoms with Gasteiger partial charge >= 0.3 is 0 Å². The summed E-state index contributed by atoms with van der Waals surface area (Å²) in [6, 6.07) is 0.686. The average Bonchev–Trinajstić information content (AvgIpc) is 2.89. The zero-order chi connectivity index (χ0) is 13.5. The van der Waals surface area contributed by atoms with E-state index >= 15 is 0 Å². The molecule has 1 N–H and O–H groups in total. The van der Waals surface area contributed by atoms with Crippen molar-refractivity contribution in [1.82, 2.24) is 30.4 Å². The molecule has 1 fully saturated rings. The van der Waals surface area contributed by atoms with Crippen LogP contribution < -0.4 is 5.32 Å². The predicted octanol–water partition coefficient (Wildman–Crippen LogP) is 0.0538. The van der Waals surface area contributed by atoms with Crippen LogP contribution in [0.5, 0.6) is 0 Å². The number of carbonyl (C=O) groups is 1. The molecule has 1 aliphatic heterocycles. The van der Waals surface area contributed by atoms with E-state index in [1.165, 1.54) is 36.8 Å². The Morgan fingerprint density at radius 3 is 3.11 bits per heavy atom. The van der Waals surface area contributed by atoms with Gasteiger partial charge in [-0.2, -0.15) is 0 Å². The maximum Gasteiger partial charge on any atom is 0.241 e. The Balaban J connectivity index is 1.57. The lowest BCUT2D eigenvalue weighted by molar-refractivity contribution is -0.121. The van der Waals surface area contributed by atoms with Crippen molar-refractivity contribution in [2.24, 2.45) is 0 Å². The van der Waals surface area contributed by atoms with E-state index < -0.39 is 0 Å². The molecular formula is C12H22N6O. The smallest absolute Gasteiger partial charge is 0.241 e. The second-order valence-electron chi connectivity index (χ2n) is 5.09. The fourth-order valence-corrected chi connectivity index (χ4v) is 2.46. The van der Waals surface area contributed by atoms with Crippen LogP contribution in [-0.2, 0) is 11.3 Å². The molecular weight excluding hydrogens is 244 g/mol. The van der Waals surface area contributed by atoms with Crippen molar-refractivity contribution < 1.29 is 4.79 Å². The van der Waals surface area contributed by atoms with Crippen LogP contribution in [0.3, 0.4) is 0 Å². The second kappa shape index (κ2) is 7.18. The monoisotopic (exact) mass is 266 g/mol. The molecule has 2 heterocycles. The first-order valence-corrected chi connectivity index (χ1v) is 6.97. The topological polar surface area (TPSA) is 75.9 Å². The molecule has 1 saturated heterocycles. The normalized spacial score (nSPS) is 20.4. The highest BCUT2D eigenvalue weighted by molar-refractivity contribution is 5.75. The largest absolute Gasteiger partial charge is 0.354 e. The van der Waals surface area contributed by atoms with Crippen LogP contribution in [0.25, 0.3) is 0 Å². The number of piperidine rings is 1.